The largest absolute Gasteiger partial charge is 0.468 e. The van der Waals surface area contributed by atoms with E-state index in [9.17, 15) is 21.6 Å². The molecule has 1 N–H and O–H groups in total. The van der Waals surface area contributed by atoms with Gasteiger partial charge >= 0.3 is 6.18 Å². The molecule has 0 bridgehead atoms. The third kappa shape index (κ3) is 6.42. The van der Waals surface area contributed by atoms with Crippen LogP contribution in [-0.4, -0.2) is 55.8 Å². The van der Waals surface area contributed by atoms with Gasteiger partial charge in [0.2, 0.25) is 5.88 Å². The molecule has 0 spiro atoms. The number of aromatic nitrogens is 1. The minimum Gasteiger partial charge on any atom is -0.468 e. The summed E-state index contributed by atoms with van der Waals surface area (Å²) in [6, 6.07) is 2.76. The molecule has 142 valence electrons. The molecule has 1 aromatic heterocycles. The van der Waals surface area contributed by atoms with Crippen LogP contribution in [0.1, 0.15) is 19.4 Å². The van der Waals surface area contributed by atoms with E-state index in [1.165, 1.54) is 22.6 Å². The van der Waals surface area contributed by atoms with Crippen molar-refractivity contribution in [2.24, 2.45) is 0 Å². The summed E-state index contributed by atoms with van der Waals surface area (Å²) in [6.07, 6.45) is -3.65. The van der Waals surface area contributed by atoms with Crippen molar-refractivity contribution in [2.45, 2.75) is 38.8 Å². The number of hydrogen-bond donors (Lipinski definition) is 1. The smallest absolute Gasteiger partial charge is 0.422 e. The fourth-order valence-corrected chi connectivity index (χ4v) is 3.73. The van der Waals surface area contributed by atoms with Crippen LogP contribution >= 0.6 is 0 Å². The highest BCUT2D eigenvalue weighted by Crippen LogP contribution is 2.18. The second-order valence-electron chi connectivity index (χ2n) is 5.81. The molecular formula is C14H20F3N3O4S. The van der Waals surface area contributed by atoms with Gasteiger partial charge in [-0.15, -0.1) is 0 Å². The Morgan fingerprint density at radius 3 is 2.60 bits per heavy atom. The zero-order chi connectivity index (χ0) is 18.7. The molecule has 2 rings (SSSR count). The molecule has 7 nitrogen and oxygen atoms in total. The van der Waals surface area contributed by atoms with E-state index in [0.29, 0.717) is 5.56 Å². The maximum absolute atomic E-state index is 12.4. The quantitative estimate of drug-likeness (QED) is 0.805. The first-order valence-electron chi connectivity index (χ1n) is 7.60. The molecule has 0 radical (unpaired) electrons. The Kier molecular flexibility index (Phi) is 6.25. The van der Waals surface area contributed by atoms with Crippen molar-refractivity contribution in [1.82, 2.24) is 14.0 Å². The molecule has 0 aliphatic carbocycles. The summed E-state index contributed by atoms with van der Waals surface area (Å²) in [7, 11) is -3.73. The number of pyridine rings is 1. The van der Waals surface area contributed by atoms with E-state index < -0.39 is 23.0 Å². The molecular weight excluding hydrogens is 363 g/mol. The monoisotopic (exact) mass is 383 g/mol. The second kappa shape index (κ2) is 7.85. The van der Waals surface area contributed by atoms with Crippen molar-refractivity contribution >= 4 is 10.2 Å². The number of morpholine rings is 1. The van der Waals surface area contributed by atoms with Gasteiger partial charge in [0, 0.05) is 31.9 Å². The molecule has 2 atom stereocenters. The van der Waals surface area contributed by atoms with Gasteiger partial charge in [0.05, 0.1) is 12.2 Å². The van der Waals surface area contributed by atoms with Gasteiger partial charge in [-0.3, -0.25) is 0 Å². The minimum absolute atomic E-state index is 0.0899. The zero-order valence-electron chi connectivity index (χ0n) is 13.8. The third-order valence-corrected chi connectivity index (χ3v) is 4.85. The highest BCUT2D eigenvalue weighted by molar-refractivity contribution is 7.87. The number of ether oxygens (including phenoxy) is 2. The Labute approximate surface area is 144 Å². The van der Waals surface area contributed by atoms with Gasteiger partial charge in [-0.05, 0) is 25.5 Å². The molecule has 0 unspecified atom stereocenters. The summed E-state index contributed by atoms with van der Waals surface area (Å²) in [4.78, 5) is 3.67. The lowest BCUT2D eigenvalue weighted by Crippen LogP contribution is -2.51. The predicted octanol–water partition coefficient (Wildman–Crippen LogP) is 1.47. The summed E-state index contributed by atoms with van der Waals surface area (Å²) < 4.78 is 74.9. The summed E-state index contributed by atoms with van der Waals surface area (Å²) in [5.41, 5.74) is 0.435. The van der Waals surface area contributed by atoms with Crippen LogP contribution in [-0.2, 0) is 21.5 Å². The molecule has 1 aromatic rings. The lowest BCUT2D eigenvalue weighted by atomic mass is 10.3. The van der Waals surface area contributed by atoms with Gasteiger partial charge in [-0.25, -0.2) is 4.98 Å². The van der Waals surface area contributed by atoms with Crippen molar-refractivity contribution in [2.75, 3.05) is 19.7 Å². The maximum Gasteiger partial charge on any atom is 0.422 e. The van der Waals surface area contributed by atoms with Crippen LogP contribution in [0.3, 0.4) is 0 Å². The number of rotatable bonds is 6. The Hall–Kier alpha value is -1.43. The van der Waals surface area contributed by atoms with E-state index in [1.807, 2.05) is 0 Å². The van der Waals surface area contributed by atoms with Crippen LogP contribution in [0.5, 0.6) is 5.88 Å². The maximum atomic E-state index is 12.4. The number of nitrogens with one attached hydrogen (secondary N) is 1. The van der Waals surface area contributed by atoms with E-state index >= 15 is 0 Å². The average Bonchev–Trinajstić information content (AvgIpc) is 2.50. The average molecular weight is 383 g/mol. The van der Waals surface area contributed by atoms with Crippen molar-refractivity contribution in [3.63, 3.8) is 0 Å². The van der Waals surface area contributed by atoms with Crippen LogP contribution in [0.15, 0.2) is 18.3 Å². The zero-order valence-corrected chi connectivity index (χ0v) is 14.6. The summed E-state index contributed by atoms with van der Waals surface area (Å²) in [5, 5.41) is 0. The fraction of sp³-hybridized carbons (Fsp3) is 0.643. The first-order chi connectivity index (χ1) is 11.5. The first kappa shape index (κ1) is 19.9. The Morgan fingerprint density at radius 2 is 2.00 bits per heavy atom. The van der Waals surface area contributed by atoms with Crippen LogP contribution in [0.2, 0.25) is 0 Å². The molecule has 25 heavy (non-hydrogen) atoms. The normalized spacial score (nSPS) is 22.8. The molecule has 2 heterocycles. The number of halogens is 3. The van der Waals surface area contributed by atoms with Gasteiger partial charge in [0.15, 0.2) is 6.61 Å². The highest BCUT2D eigenvalue weighted by atomic mass is 32.2. The van der Waals surface area contributed by atoms with Crippen molar-refractivity contribution < 1.29 is 31.1 Å². The highest BCUT2D eigenvalue weighted by Gasteiger charge is 2.31. The van der Waals surface area contributed by atoms with Crippen molar-refractivity contribution in [3.05, 3.63) is 23.9 Å². The van der Waals surface area contributed by atoms with E-state index in [-0.39, 0.29) is 37.7 Å². The van der Waals surface area contributed by atoms with Gasteiger partial charge in [0.25, 0.3) is 10.2 Å². The minimum atomic E-state index is -4.47. The molecule has 1 saturated heterocycles. The van der Waals surface area contributed by atoms with Crippen molar-refractivity contribution in [1.29, 1.82) is 0 Å². The van der Waals surface area contributed by atoms with E-state index in [2.05, 4.69) is 14.4 Å². The van der Waals surface area contributed by atoms with Crippen molar-refractivity contribution in [3.8, 4) is 5.88 Å². The molecule has 0 amide bonds. The lowest BCUT2D eigenvalue weighted by molar-refractivity contribution is -0.154. The number of alkyl halides is 3. The van der Waals surface area contributed by atoms with Crippen LogP contribution in [0.25, 0.3) is 0 Å². The van der Waals surface area contributed by atoms with Gasteiger partial charge in [0.1, 0.15) is 0 Å². The molecule has 0 aromatic carbocycles. The Morgan fingerprint density at radius 1 is 1.36 bits per heavy atom. The van der Waals surface area contributed by atoms with Crippen LogP contribution in [0.4, 0.5) is 13.2 Å². The second-order valence-corrected chi connectivity index (χ2v) is 7.56. The topological polar surface area (TPSA) is 80.8 Å². The SMILES string of the molecule is C[C@@H]1CN(S(=O)(=O)NCc2ccnc(OCC(F)(F)F)c2)C[C@@H](C)O1. The summed E-state index contributed by atoms with van der Waals surface area (Å²) in [6.45, 7) is 2.48. The van der Waals surface area contributed by atoms with Gasteiger partial charge < -0.3 is 9.47 Å². The Balaban J connectivity index is 1.96. The fourth-order valence-electron chi connectivity index (χ4n) is 2.39. The molecule has 11 heteroatoms. The molecule has 1 fully saturated rings. The van der Waals surface area contributed by atoms with Gasteiger partial charge in [-0.1, -0.05) is 0 Å². The molecule has 1 aliphatic rings. The lowest BCUT2D eigenvalue weighted by Gasteiger charge is -2.34. The molecule has 1 aliphatic heterocycles. The standard InChI is InChI=1S/C14H20F3N3O4S/c1-10-7-20(8-11(2)24-10)25(21,22)19-6-12-3-4-18-13(5-12)23-9-14(15,16)17/h3-5,10-11,19H,6-9H2,1-2H3/t10-,11-/m1/s1. The number of hydrogen-bond acceptors (Lipinski definition) is 5. The Bertz CT molecular complexity index is 674. The summed E-state index contributed by atoms with van der Waals surface area (Å²) in [5.74, 6) is -0.220. The van der Waals surface area contributed by atoms with E-state index in [1.54, 1.807) is 13.8 Å². The van der Waals surface area contributed by atoms with Crippen LogP contribution in [0, 0.1) is 0 Å². The third-order valence-electron chi connectivity index (χ3n) is 3.37. The van der Waals surface area contributed by atoms with Gasteiger partial charge in [-0.2, -0.15) is 30.6 Å². The van der Waals surface area contributed by atoms with Crippen LogP contribution < -0.4 is 9.46 Å². The van der Waals surface area contributed by atoms with E-state index in [4.69, 9.17) is 4.74 Å². The molecule has 0 saturated carbocycles. The summed E-state index contributed by atoms with van der Waals surface area (Å²) >= 11 is 0. The van der Waals surface area contributed by atoms with E-state index in [0.717, 1.165) is 0 Å². The predicted molar refractivity (Wildman–Crippen MR) is 83.1 cm³/mol. The number of nitrogens with zero attached hydrogens (tertiary/aromatic N) is 2. The first-order valence-corrected chi connectivity index (χ1v) is 9.04.